The lowest BCUT2D eigenvalue weighted by Gasteiger charge is -2.30. The van der Waals surface area contributed by atoms with Gasteiger partial charge in [-0.25, -0.2) is 0 Å². The topological polar surface area (TPSA) is 98.2 Å². The number of amides is 2. The highest BCUT2D eigenvalue weighted by molar-refractivity contribution is 5.85. The van der Waals surface area contributed by atoms with E-state index in [4.69, 9.17) is 11.5 Å². The zero-order chi connectivity index (χ0) is 15.2. The van der Waals surface area contributed by atoms with Crippen LogP contribution < -0.4 is 16.8 Å². The number of halogens is 1. The molecule has 2 fully saturated rings. The molecule has 2 amide bonds. The Labute approximate surface area is 139 Å². The van der Waals surface area contributed by atoms with E-state index in [1.54, 1.807) is 0 Å². The first kappa shape index (κ1) is 19.2. The van der Waals surface area contributed by atoms with Gasteiger partial charge in [-0.3, -0.25) is 9.59 Å². The molecule has 0 bridgehead atoms. The van der Waals surface area contributed by atoms with Crippen molar-refractivity contribution < 1.29 is 9.59 Å². The molecule has 2 saturated carbocycles. The van der Waals surface area contributed by atoms with Gasteiger partial charge in [-0.05, 0) is 37.5 Å². The average Bonchev–Trinajstić information content (AvgIpc) is 2.84. The molecule has 5 N–H and O–H groups in total. The summed E-state index contributed by atoms with van der Waals surface area (Å²) in [6.45, 7) is 0. The summed E-state index contributed by atoms with van der Waals surface area (Å²) in [5, 5.41) is 3.07. The van der Waals surface area contributed by atoms with Gasteiger partial charge in [0.25, 0.3) is 0 Å². The molecule has 2 rings (SSSR count). The minimum atomic E-state index is -0.330. The molecule has 0 saturated heterocycles. The van der Waals surface area contributed by atoms with E-state index < -0.39 is 0 Å². The van der Waals surface area contributed by atoms with Crippen molar-refractivity contribution in [2.45, 2.75) is 76.3 Å². The smallest absolute Gasteiger partial charge is 0.220 e. The van der Waals surface area contributed by atoms with Gasteiger partial charge in [0.2, 0.25) is 11.8 Å². The molecule has 5 nitrogen and oxygen atoms in total. The van der Waals surface area contributed by atoms with Gasteiger partial charge in [-0.1, -0.05) is 25.7 Å². The fourth-order valence-electron chi connectivity index (χ4n) is 3.91. The van der Waals surface area contributed by atoms with Crippen LogP contribution in [0.5, 0.6) is 0 Å². The Morgan fingerprint density at radius 1 is 1.05 bits per heavy atom. The summed E-state index contributed by atoms with van der Waals surface area (Å²) in [6, 6.07) is 0.0629. The molecule has 3 atom stereocenters. The minimum Gasteiger partial charge on any atom is -0.370 e. The van der Waals surface area contributed by atoms with Crippen molar-refractivity contribution in [3.63, 3.8) is 0 Å². The van der Waals surface area contributed by atoms with Crippen molar-refractivity contribution in [1.29, 1.82) is 0 Å². The Hall–Kier alpha value is -0.810. The fourth-order valence-corrected chi connectivity index (χ4v) is 3.91. The summed E-state index contributed by atoms with van der Waals surface area (Å²) in [7, 11) is 0. The normalized spacial score (nSPS) is 27.0. The number of carbonyl (C=O) groups excluding carboxylic acids is 2. The van der Waals surface area contributed by atoms with Crippen LogP contribution in [0.15, 0.2) is 0 Å². The lowest BCUT2D eigenvalue weighted by Crippen LogP contribution is -2.44. The fraction of sp³-hybridized carbons (Fsp3) is 0.875. The van der Waals surface area contributed by atoms with E-state index in [1.165, 1.54) is 19.3 Å². The Morgan fingerprint density at radius 2 is 1.73 bits per heavy atom. The molecule has 0 spiro atoms. The third-order valence-corrected chi connectivity index (χ3v) is 5.15. The van der Waals surface area contributed by atoms with Gasteiger partial charge in [0.1, 0.15) is 0 Å². The Bertz CT molecular complexity index is 372. The molecular weight excluding hydrogens is 302 g/mol. The van der Waals surface area contributed by atoms with Crippen molar-refractivity contribution >= 4 is 24.2 Å². The zero-order valence-electron chi connectivity index (χ0n) is 13.3. The molecule has 2 aliphatic carbocycles. The van der Waals surface area contributed by atoms with Crippen molar-refractivity contribution in [2.75, 3.05) is 0 Å². The van der Waals surface area contributed by atoms with Crippen LogP contribution in [0.4, 0.5) is 0 Å². The van der Waals surface area contributed by atoms with Crippen LogP contribution in [0.25, 0.3) is 0 Å². The number of hydrogen-bond donors (Lipinski definition) is 3. The summed E-state index contributed by atoms with van der Waals surface area (Å²) in [5.74, 6) is 0.399. The SMILES string of the molecule is Cl.NC(=O)CC(NC(=O)C[C@@H]1CCC[C@H]1N)C1CCCCC1. The number of nitrogens with two attached hydrogens (primary N) is 2. The number of rotatable bonds is 6. The Balaban J connectivity index is 0.00000242. The Kier molecular flexibility index (Phi) is 8.18. The third kappa shape index (κ3) is 5.76. The van der Waals surface area contributed by atoms with Crippen LogP contribution in [0.2, 0.25) is 0 Å². The highest BCUT2D eigenvalue weighted by atomic mass is 35.5. The van der Waals surface area contributed by atoms with E-state index >= 15 is 0 Å². The number of carbonyl (C=O) groups is 2. The first-order valence-corrected chi connectivity index (χ1v) is 8.39. The van der Waals surface area contributed by atoms with Gasteiger partial charge in [0.15, 0.2) is 0 Å². The van der Waals surface area contributed by atoms with Crippen LogP contribution in [0.3, 0.4) is 0 Å². The van der Waals surface area contributed by atoms with Gasteiger partial charge < -0.3 is 16.8 Å². The molecule has 1 unspecified atom stereocenters. The van der Waals surface area contributed by atoms with Crippen molar-refractivity contribution in [2.24, 2.45) is 23.3 Å². The van der Waals surface area contributed by atoms with E-state index in [9.17, 15) is 9.59 Å². The van der Waals surface area contributed by atoms with E-state index in [1.807, 2.05) is 0 Å². The predicted octanol–water partition coefficient (Wildman–Crippen LogP) is 1.87. The monoisotopic (exact) mass is 331 g/mol. The molecule has 0 aromatic rings. The van der Waals surface area contributed by atoms with Crippen LogP contribution >= 0.6 is 12.4 Å². The summed E-state index contributed by atoms with van der Waals surface area (Å²) in [4.78, 5) is 23.5. The maximum absolute atomic E-state index is 12.3. The molecule has 0 aliphatic heterocycles. The van der Waals surface area contributed by atoms with Crippen LogP contribution in [0, 0.1) is 11.8 Å². The van der Waals surface area contributed by atoms with Gasteiger partial charge >= 0.3 is 0 Å². The third-order valence-electron chi connectivity index (χ3n) is 5.15. The van der Waals surface area contributed by atoms with Crippen molar-refractivity contribution in [3.8, 4) is 0 Å². The first-order valence-electron chi connectivity index (χ1n) is 8.39. The van der Waals surface area contributed by atoms with Crippen molar-refractivity contribution in [1.82, 2.24) is 5.32 Å². The molecule has 2 aliphatic rings. The van der Waals surface area contributed by atoms with Gasteiger partial charge in [-0.2, -0.15) is 0 Å². The van der Waals surface area contributed by atoms with Crippen molar-refractivity contribution in [3.05, 3.63) is 0 Å². The highest BCUT2D eigenvalue weighted by Gasteiger charge is 2.30. The quantitative estimate of drug-likeness (QED) is 0.692. The van der Waals surface area contributed by atoms with E-state index in [2.05, 4.69) is 5.32 Å². The maximum Gasteiger partial charge on any atom is 0.220 e. The molecule has 0 aromatic heterocycles. The predicted molar refractivity (Wildman–Crippen MR) is 89.5 cm³/mol. The van der Waals surface area contributed by atoms with E-state index in [0.717, 1.165) is 32.1 Å². The van der Waals surface area contributed by atoms with E-state index in [-0.39, 0.29) is 42.7 Å². The molecule has 128 valence electrons. The largest absolute Gasteiger partial charge is 0.370 e. The van der Waals surface area contributed by atoms with Gasteiger partial charge in [0.05, 0.1) is 0 Å². The van der Waals surface area contributed by atoms with Crippen LogP contribution in [-0.4, -0.2) is 23.9 Å². The molecule has 0 radical (unpaired) electrons. The first-order chi connectivity index (χ1) is 10.1. The lowest BCUT2D eigenvalue weighted by molar-refractivity contribution is -0.124. The molecule has 22 heavy (non-hydrogen) atoms. The minimum absolute atomic E-state index is 0. The van der Waals surface area contributed by atoms with Gasteiger partial charge in [-0.15, -0.1) is 12.4 Å². The zero-order valence-corrected chi connectivity index (χ0v) is 14.1. The standard InChI is InChI=1S/C16H29N3O2.ClH/c17-13-8-4-7-12(13)9-16(21)19-14(10-15(18)20)11-5-2-1-3-6-11;/h11-14H,1-10,17H2,(H2,18,20)(H,19,21);1H/t12-,13+,14?;/m0./s1. The van der Waals surface area contributed by atoms with E-state index in [0.29, 0.717) is 18.3 Å². The molecule has 0 aromatic carbocycles. The second-order valence-corrected chi connectivity index (χ2v) is 6.80. The van der Waals surface area contributed by atoms with Gasteiger partial charge in [0, 0.05) is 24.9 Å². The summed E-state index contributed by atoms with van der Waals surface area (Å²) in [6.07, 6.45) is 9.71. The maximum atomic E-state index is 12.3. The summed E-state index contributed by atoms with van der Waals surface area (Å²) in [5.41, 5.74) is 11.4. The second-order valence-electron chi connectivity index (χ2n) is 6.80. The number of hydrogen-bond acceptors (Lipinski definition) is 3. The van der Waals surface area contributed by atoms with Crippen LogP contribution in [-0.2, 0) is 9.59 Å². The average molecular weight is 332 g/mol. The lowest BCUT2D eigenvalue weighted by atomic mass is 9.82. The Morgan fingerprint density at radius 3 is 2.27 bits per heavy atom. The molecule has 0 heterocycles. The molecule has 6 heteroatoms. The second kappa shape index (κ2) is 9.36. The highest BCUT2D eigenvalue weighted by Crippen LogP contribution is 2.29. The van der Waals surface area contributed by atoms with Crippen LogP contribution in [0.1, 0.15) is 64.2 Å². The summed E-state index contributed by atoms with van der Waals surface area (Å²) < 4.78 is 0. The summed E-state index contributed by atoms with van der Waals surface area (Å²) >= 11 is 0. The number of nitrogens with one attached hydrogen (secondary N) is 1. The molecular formula is C16H30ClN3O2. The number of primary amides is 1.